The van der Waals surface area contributed by atoms with Gasteiger partial charge in [0.2, 0.25) is 5.75 Å². The second kappa shape index (κ2) is 11.1. The summed E-state index contributed by atoms with van der Waals surface area (Å²) in [5.41, 5.74) is 3.90. The highest BCUT2D eigenvalue weighted by Gasteiger charge is 2.18. The predicted molar refractivity (Wildman–Crippen MR) is 127 cm³/mol. The molecule has 3 aromatic carbocycles. The first-order chi connectivity index (χ1) is 15.9. The monoisotopic (exact) mass is 512 g/mol. The minimum atomic E-state index is -0.586. The fraction of sp³-hybridized carbons (Fsp3) is 0.125. The number of hydrogen-bond donors (Lipinski definition) is 1. The van der Waals surface area contributed by atoms with Crippen LogP contribution in [-0.2, 0) is 0 Å². The molecular formula is C24H21BrN2O6. The van der Waals surface area contributed by atoms with Crippen molar-refractivity contribution in [1.29, 1.82) is 0 Å². The van der Waals surface area contributed by atoms with E-state index in [2.05, 4.69) is 26.5 Å². The Morgan fingerprint density at radius 2 is 1.45 bits per heavy atom. The molecule has 3 rings (SSSR count). The molecule has 170 valence electrons. The first-order valence-corrected chi connectivity index (χ1v) is 10.5. The van der Waals surface area contributed by atoms with Crippen molar-refractivity contribution in [2.45, 2.75) is 0 Å². The first kappa shape index (κ1) is 23.8. The van der Waals surface area contributed by atoms with Crippen molar-refractivity contribution < 1.29 is 28.5 Å². The molecule has 3 aromatic rings. The summed E-state index contributed by atoms with van der Waals surface area (Å²) in [6.07, 6.45) is 1.49. The van der Waals surface area contributed by atoms with Crippen molar-refractivity contribution in [3.05, 3.63) is 81.8 Å². The summed E-state index contributed by atoms with van der Waals surface area (Å²) < 4.78 is 22.1. The third kappa shape index (κ3) is 6.11. The van der Waals surface area contributed by atoms with Crippen LogP contribution in [0.25, 0.3) is 0 Å². The molecule has 8 nitrogen and oxygen atoms in total. The van der Waals surface area contributed by atoms with Gasteiger partial charge in [-0.15, -0.1) is 0 Å². The topological polar surface area (TPSA) is 95.5 Å². The molecule has 0 fully saturated rings. The maximum atomic E-state index is 12.6. The summed E-state index contributed by atoms with van der Waals surface area (Å²) >= 11 is 3.32. The molecule has 0 unspecified atom stereocenters. The standard InChI is InChI=1S/C24H21BrN2O6/c1-30-20-12-17(13-21(31-2)22(20)32-3)24(29)33-19-10-4-15(5-11-19)14-26-27-23(28)16-6-8-18(25)9-7-16/h4-14H,1-3H3,(H,27,28)/b26-14+. The maximum Gasteiger partial charge on any atom is 0.343 e. The van der Waals surface area contributed by atoms with Crippen LogP contribution in [0.5, 0.6) is 23.0 Å². The van der Waals surface area contributed by atoms with Crippen LogP contribution < -0.4 is 24.4 Å². The van der Waals surface area contributed by atoms with Crippen molar-refractivity contribution in [3.63, 3.8) is 0 Å². The summed E-state index contributed by atoms with van der Waals surface area (Å²) in [7, 11) is 4.41. The summed E-state index contributed by atoms with van der Waals surface area (Å²) in [4.78, 5) is 24.7. The molecule has 33 heavy (non-hydrogen) atoms. The summed E-state index contributed by atoms with van der Waals surface area (Å²) in [5.74, 6) is 0.505. The molecule has 0 saturated heterocycles. The number of hydrazone groups is 1. The molecule has 0 aliphatic carbocycles. The first-order valence-electron chi connectivity index (χ1n) is 9.66. The van der Waals surface area contributed by atoms with Gasteiger partial charge in [0.05, 0.1) is 33.1 Å². The van der Waals surface area contributed by atoms with E-state index in [9.17, 15) is 9.59 Å². The molecule has 0 bridgehead atoms. The van der Waals surface area contributed by atoms with Crippen molar-refractivity contribution in [1.82, 2.24) is 5.43 Å². The molecule has 0 aliphatic rings. The molecule has 9 heteroatoms. The van der Waals surface area contributed by atoms with Crippen LogP contribution in [-0.4, -0.2) is 39.4 Å². The third-order valence-electron chi connectivity index (χ3n) is 4.48. The van der Waals surface area contributed by atoms with Crippen molar-refractivity contribution >= 4 is 34.0 Å². The van der Waals surface area contributed by atoms with E-state index in [1.54, 1.807) is 48.5 Å². The zero-order valence-corrected chi connectivity index (χ0v) is 19.7. The highest BCUT2D eigenvalue weighted by molar-refractivity contribution is 9.10. The van der Waals surface area contributed by atoms with Gasteiger partial charge in [-0.1, -0.05) is 15.9 Å². The lowest BCUT2D eigenvalue weighted by Crippen LogP contribution is -2.17. The van der Waals surface area contributed by atoms with Gasteiger partial charge in [0.15, 0.2) is 11.5 Å². The van der Waals surface area contributed by atoms with E-state index in [1.807, 2.05) is 0 Å². The van der Waals surface area contributed by atoms with Gasteiger partial charge in [-0.05, 0) is 66.2 Å². The Morgan fingerprint density at radius 3 is 2.00 bits per heavy atom. The number of carbonyl (C=O) groups is 2. The summed E-state index contributed by atoms with van der Waals surface area (Å²) in [5, 5.41) is 3.95. The smallest absolute Gasteiger partial charge is 0.343 e. The molecule has 0 saturated carbocycles. The van der Waals surface area contributed by atoms with Gasteiger partial charge in [0.1, 0.15) is 5.75 Å². The normalized spacial score (nSPS) is 10.5. The molecule has 0 atom stereocenters. The molecule has 0 aliphatic heterocycles. The van der Waals surface area contributed by atoms with E-state index in [0.29, 0.717) is 34.1 Å². The van der Waals surface area contributed by atoms with E-state index in [0.717, 1.165) is 4.47 Å². The number of carbonyl (C=O) groups excluding carboxylic acids is 2. The minimum absolute atomic E-state index is 0.241. The van der Waals surface area contributed by atoms with Crippen LogP contribution in [0.15, 0.2) is 70.2 Å². The minimum Gasteiger partial charge on any atom is -0.493 e. The number of halogens is 1. The second-order valence-electron chi connectivity index (χ2n) is 6.58. The largest absolute Gasteiger partial charge is 0.493 e. The highest BCUT2D eigenvalue weighted by atomic mass is 79.9. The lowest BCUT2D eigenvalue weighted by Gasteiger charge is -2.13. The fourth-order valence-corrected chi connectivity index (χ4v) is 3.08. The van der Waals surface area contributed by atoms with E-state index in [1.165, 1.54) is 39.7 Å². The number of esters is 1. The van der Waals surface area contributed by atoms with Crippen LogP contribution in [0.2, 0.25) is 0 Å². The molecule has 0 heterocycles. The Morgan fingerprint density at radius 1 is 0.848 bits per heavy atom. The number of nitrogens with zero attached hydrogens (tertiary/aromatic N) is 1. The quantitative estimate of drug-likeness (QED) is 0.207. The van der Waals surface area contributed by atoms with Crippen LogP contribution in [0.4, 0.5) is 0 Å². The summed E-state index contributed by atoms with van der Waals surface area (Å²) in [6, 6.07) is 16.6. The predicted octanol–water partition coefficient (Wildman–Crippen LogP) is 4.46. The Balaban J connectivity index is 1.63. The lowest BCUT2D eigenvalue weighted by molar-refractivity contribution is 0.0733. The number of methoxy groups -OCH3 is 3. The molecule has 1 N–H and O–H groups in total. The van der Waals surface area contributed by atoms with Gasteiger partial charge in [-0.3, -0.25) is 4.79 Å². The van der Waals surface area contributed by atoms with Crippen LogP contribution in [0.3, 0.4) is 0 Å². The Labute approximate surface area is 199 Å². The fourth-order valence-electron chi connectivity index (χ4n) is 2.82. The number of hydrogen-bond acceptors (Lipinski definition) is 7. The Kier molecular flexibility index (Phi) is 8.04. The average molecular weight is 513 g/mol. The second-order valence-corrected chi connectivity index (χ2v) is 7.49. The van der Waals surface area contributed by atoms with Gasteiger partial charge in [-0.2, -0.15) is 5.10 Å². The van der Waals surface area contributed by atoms with Gasteiger partial charge < -0.3 is 18.9 Å². The number of amides is 1. The van der Waals surface area contributed by atoms with Crippen LogP contribution in [0.1, 0.15) is 26.3 Å². The van der Waals surface area contributed by atoms with E-state index in [-0.39, 0.29) is 11.5 Å². The van der Waals surface area contributed by atoms with Crippen molar-refractivity contribution in [2.24, 2.45) is 5.10 Å². The van der Waals surface area contributed by atoms with Crippen molar-refractivity contribution in [2.75, 3.05) is 21.3 Å². The zero-order chi connectivity index (χ0) is 23.8. The molecular weight excluding hydrogens is 492 g/mol. The zero-order valence-electron chi connectivity index (χ0n) is 18.1. The van der Waals surface area contributed by atoms with Gasteiger partial charge >= 0.3 is 5.97 Å². The number of benzene rings is 3. The van der Waals surface area contributed by atoms with Gasteiger partial charge in [0, 0.05) is 10.0 Å². The number of ether oxygens (including phenoxy) is 4. The van der Waals surface area contributed by atoms with E-state index < -0.39 is 5.97 Å². The third-order valence-corrected chi connectivity index (χ3v) is 5.01. The SMILES string of the molecule is COc1cc(C(=O)Oc2ccc(/C=N/NC(=O)c3ccc(Br)cc3)cc2)cc(OC)c1OC. The van der Waals surface area contributed by atoms with Crippen LogP contribution in [0, 0.1) is 0 Å². The molecule has 1 amide bonds. The number of nitrogens with one attached hydrogen (secondary N) is 1. The maximum absolute atomic E-state index is 12.6. The molecule has 0 radical (unpaired) electrons. The van der Waals surface area contributed by atoms with Crippen molar-refractivity contribution in [3.8, 4) is 23.0 Å². The van der Waals surface area contributed by atoms with Crippen LogP contribution >= 0.6 is 15.9 Å². The Bertz CT molecular complexity index is 1140. The van der Waals surface area contributed by atoms with Gasteiger partial charge in [-0.25, -0.2) is 10.2 Å². The van der Waals surface area contributed by atoms with E-state index in [4.69, 9.17) is 18.9 Å². The van der Waals surface area contributed by atoms with E-state index >= 15 is 0 Å². The summed E-state index contributed by atoms with van der Waals surface area (Å²) in [6.45, 7) is 0. The molecule has 0 aromatic heterocycles. The highest BCUT2D eigenvalue weighted by Crippen LogP contribution is 2.38. The molecule has 0 spiro atoms. The lowest BCUT2D eigenvalue weighted by atomic mass is 10.2. The average Bonchev–Trinajstić information content (AvgIpc) is 2.84. The number of rotatable bonds is 8. The Hall–Kier alpha value is -3.85. The van der Waals surface area contributed by atoms with Gasteiger partial charge in [0.25, 0.3) is 5.91 Å².